The van der Waals surface area contributed by atoms with Gasteiger partial charge in [0.05, 0.1) is 5.88 Å². The van der Waals surface area contributed by atoms with Crippen LogP contribution in [-0.4, -0.2) is 48.6 Å². The van der Waals surface area contributed by atoms with E-state index in [1.165, 1.54) is 28.4 Å². The standard InChI is InChI=1S/C10H9ClN4O3S3/c11-1-3-10(21-14-13-3)20-4-2-19-8-5(12)7(16)15(8)6(4)9(17)18/h5,8H,1-2,12H2,(H,17,18)/t5-,8+/m1/s1. The van der Waals surface area contributed by atoms with E-state index in [1.807, 2.05) is 0 Å². The predicted molar refractivity (Wildman–Crippen MR) is 81.1 cm³/mol. The number of rotatable bonds is 4. The normalized spacial score (nSPS) is 24.9. The second kappa shape index (κ2) is 5.76. The smallest absolute Gasteiger partial charge is 0.353 e. The Balaban J connectivity index is 1.95. The number of fused-ring (bicyclic) bond motifs is 1. The molecule has 0 bridgehead atoms. The maximum Gasteiger partial charge on any atom is 0.353 e. The van der Waals surface area contributed by atoms with Crippen molar-refractivity contribution in [2.45, 2.75) is 21.5 Å². The van der Waals surface area contributed by atoms with Crippen LogP contribution in [-0.2, 0) is 15.5 Å². The van der Waals surface area contributed by atoms with Gasteiger partial charge in [0, 0.05) is 10.7 Å². The number of nitrogens with zero attached hydrogens (tertiary/aromatic N) is 3. The van der Waals surface area contributed by atoms with Crippen LogP contribution in [0.5, 0.6) is 0 Å². The molecule has 1 aromatic heterocycles. The second-order valence-electron chi connectivity index (χ2n) is 4.26. The van der Waals surface area contributed by atoms with Gasteiger partial charge in [-0.2, -0.15) is 0 Å². The maximum absolute atomic E-state index is 11.8. The fraction of sp³-hybridized carbons (Fsp3) is 0.400. The average molecular weight is 365 g/mol. The zero-order valence-corrected chi connectivity index (χ0v) is 13.6. The van der Waals surface area contributed by atoms with Crippen molar-refractivity contribution in [3.8, 4) is 0 Å². The zero-order chi connectivity index (χ0) is 15.1. The lowest BCUT2D eigenvalue weighted by Gasteiger charge is -2.47. The summed E-state index contributed by atoms with van der Waals surface area (Å²) in [4.78, 5) is 25.2. The van der Waals surface area contributed by atoms with E-state index < -0.39 is 12.0 Å². The number of amides is 1. The summed E-state index contributed by atoms with van der Waals surface area (Å²) < 4.78 is 4.56. The molecule has 2 aliphatic rings. The highest BCUT2D eigenvalue weighted by Gasteiger charge is 2.52. The van der Waals surface area contributed by atoms with Gasteiger partial charge < -0.3 is 10.8 Å². The molecule has 0 saturated carbocycles. The van der Waals surface area contributed by atoms with E-state index in [0.29, 0.717) is 16.4 Å². The van der Waals surface area contributed by atoms with Gasteiger partial charge in [-0.05, 0) is 11.5 Å². The van der Waals surface area contributed by atoms with Gasteiger partial charge in [0.1, 0.15) is 27.0 Å². The first-order valence-electron chi connectivity index (χ1n) is 5.76. The van der Waals surface area contributed by atoms with Crippen LogP contribution in [0.1, 0.15) is 5.69 Å². The third-order valence-electron chi connectivity index (χ3n) is 3.04. The highest BCUT2D eigenvalue weighted by atomic mass is 35.5. The molecule has 1 saturated heterocycles. The summed E-state index contributed by atoms with van der Waals surface area (Å²) in [7, 11) is 0. The van der Waals surface area contributed by atoms with Gasteiger partial charge in [-0.15, -0.1) is 28.5 Å². The quantitative estimate of drug-likeness (QED) is 0.599. The van der Waals surface area contributed by atoms with Gasteiger partial charge in [-0.1, -0.05) is 16.3 Å². The van der Waals surface area contributed by atoms with Gasteiger partial charge in [0.15, 0.2) is 0 Å². The fourth-order valence-corrected chi connectivity index (χ4v) is 5.68. The Labute approximate surface area is 137 Å². The Hall–Kier alpha value is -0.810. The Bertz CT molecular complexity index is 649. The predicted octanol–water partition coefficient (Wildman–Crippen LogP) is 0.908. The third kappa shape index (κ3) is 2.44. The van der Waals surface area contributed by atoms with E-state index in [0.717, 1.165) is 15.7 Å². The van der Waals surface area contributed by atoms with Crippen LogP contribution in [0.25, 0.3) is 0 Å². The molecule has 3 N–H and O–H groups in total. The first-order chi connectivity index (χ1) is 10.0. The molecule has 0 aliphatic carbocycles. The highest BCUT2D eigenvalue weighted by molar-refractivity contribution is 8.07. The number of β-lactam (4-membered cyclic amide) rings is 1. The highest BCUT2D eigenvalue weighted by Crippen LogP contribution is 2.45. The lowest BCUT2D eigenvalue weighted by molar-refractivity contribution is -0.147. The number of hydrogen-bond acceptors (Lipinski definition) is 8. The molecule has 1 aromatic rings. The van der Waals surface area contributed by atoms with E-state index in [4.69, 9.17) is 17.3 Å². The van der Waals surface area contributed by atoms with Crippen molar-refractivity contribution >= 4 is 58.5 Å². The topological polar surface area (TPSA) is 109 Å². The molecule has 0 spiro atoms. The van der Waals surface area contributed by atoms with Crippen molar-refractivity contribution in [2.24, 2.45) is 5.73 Å². The van der Waals surface area contributed by atoms with Crippen LogP contribution < -0.4 is 5.73 Å². The van der Waals surface area contributed by atoms with Crippen molar-refractivity contribution < 1.29 is 14.7 Å². The van der Waals surface area contributed by atoms with Crippen molar-refractivity contribution in [3.05, 3.63) is 16.3 Å². The summed E-state index contributed by atoms with van der Waals surface area (Å²) >= 11 is 9.64. The van der Waals surface area contributed by atoms with Gasteiger partial charge in [-0.25, -0.2) is 4.79 Å². The summed E-state index contributed by atoms with van der Waals surface area (Å²) in [6.07, 6.45) is 0. The van der Waals surface area contributed by atoms with Gasteiger partial charge in [0.25, 0.3) is 0 Å². The number of thioether (sulfide) groups is 2. The number of hydrogen-bond donors (Lipinski definition) is 2. The Morgan fingerprint density at radius 3 is 3.05 bits per heavy atom. The fourth-order valence-electron chi connectivity index (χ4n) is 2.04. The second-order valence-corrected chi connectivity index (χ2v) is 7.75. The minimum absolute atomic E-state index is 0.00405. The van der Waals surface area contributed by atoms with Crippen LogP contribution >= 0.6 is 46.7 Å². The minimum atomic E-state index is -1.13. The van der Waals surface area contributed by atoms with Crippen molar-refractivity contribution in [3.63, 3.8) is 0 Å². The van der Waals surface area contributed by atoms with E-state index in [9.17, 15) is 14.7 Å². The number of halogens is 1. The largest absolute Gasteiger partial charge is 0.477 e. The summed E-state index contributed by atoms with van der Waals surface area (Å²) in [5, 5.41) is 13.0. The van der Waals surface area contributed by atoms with E-state index in [-0.39, 0.29) is 22.9 Å². The summed E-state index contributed by atoms with van der Waals surface area (Å²) in [6, 6.07) is -0.626. The van der Waals surface area contributed by atoms with E-state index in [1.54, 1.807) is 0 Å². The molecular weight excluding hydrogens is 356 g/mol. The van der Waals surface area contributed by atoms with Crippen molar-refractivity contribution in [1.82, 2.24) is 14.5 Å². The average Bonchev–Trinajstić information content (AvgIpc) is 2.92. The van der Waals surface area contributed by atoms with Gasteiger partial charge >= 0.3 is 5.97 Å². The summed E-state index contributed by atoms with van der Waals surface area (Å²) in [6.45, 7) is 0. The number of carboxylic acid groups (broad SMARTS) is 1. The zero-order valence-electron chi connectivity index (χ0n) is 10.4. The maximum atomic E-state index is 11.8. The van der Waals surface area contributed by atoms with Gasteiger partial charge in [0.2, 0.25) is 5.91 Å². The molecule has 2 atom stereocenters. The van der Waals surface area contributed by atoms with Crippen molar-refractivity contribution in [2.75, 3.05) is 5.75 Å². The monoisotopic (exact) mass is 364 g/mol. The number of carboxylic acids is 1. The molecule has 3 rings (SSSR count). The molecule has 21 heavy (non-hydrogen) atoms. The molecule has 11 heteroatoms. The third-order valence-corrected chi connectivity index (χ3v) is 6.82. The summed E-state index contributed by atoms with van der Waals surface area (Å²) in [5.41, 5.74) is 6.31. The number of carbonyl (C=O) groups excluding carboxylic acids is 1. The van der Waals surface area contributed by atoms with E-state index >= 15 is 0 Å². The molecular formula is C10H9ClN4O3S3. The molecule has 1 amide bonds. The molecule has 0 aromatic carbocycles. The summed E-state index contributed by atoms with van der Waals surface area (Å²) in [5.74, 6) is -0.804. The Morgan fingerprint density at radius 2 is 2.38 bits per heavy atom. The Kier molecular flexibility index (Phi) is 4.14. The molecule has 0 unspecified atom stereocenters. The molecule has 1 fully saturated rings. The number of carbonyl (C=O) groups is 2. The first kappa shape index (κ1) is 15.1. The lowest BCUT2D eigenvalue weighted by atomic mass is 10.1. The van der Waals surface area contributed by atoms with Gasteiger partial charge in [-0.3, -0.25) is 9.69 Å². The lowest BCUT2D eigenvalue weighted by Crippen LogP contribution is -2.68. The Morgan fingerprint density at radius 1 is 1.62 bits per heavy atom. The molecule has 7 nitrogen and oxygen atoms in total. The number of aliphatic carboxylic acids is 1. The molecule has 3 heterocycles. The van der Waals surface area contributed by atoms with E-state index in [2.05, 4.69) is 9.59 Å². The number of alkyl halides is 1. The van der Waals surface area contributed by atoms with Crippen LogP contribution in [0.15, 0.2) is 14.8 Å². The molecule has 2 aliphatic heterocycles. The van der Waals surface area contributed by atoms with Crippen LogP contribution in [0, 0.1) is 0 Å². The molecule has 112 valence electrons. The first-order valence-corrected chi connectivity index (χ1v) is 8.93. The van der Waals surface area contributed by atoms with Crippen LogP contribution in [0.2, 0.25) is 0 Å². The molecule has 0 radical (unpaired) electrons. The van der Waals surface area contributed by atoms with Crippen LogP contribution in [0.3, 0.4) is 0 Å². The number of aromatic nitrogens is 2. The van der Waals surface area contributed by atoms with Crippen molar-refractivity contribution in [1.29, 1.82) is 0 Å². The van der Waals surface area contributed by atoms with Crippen LogP contribution in [0.4, 0.5) is 0 Å². The number of nitrogens with two attached hydrogens (primary N) is 1. The minimum Gasteiger partial charge on any atom is -0.477 e. The SMILES string of the molecule is N[C@@H]1C(=O)N2C(C(=O)O)=C(Sc3snnc3CCl)CS[C@@H]12.